The van der Waals surface area contributed by atoms with Crippen molar-refractivity contribution in [3.05, 3.63) is 40.4 Å². The summed E-state index contributed by atoms with van der Waals surface area (Å²) in [5.74, 6) is -0.774. The second-order valence-electron chi connectivity index (χ2n) is 6.67. The Morgan fingerprint density at radius 3 is 3.24 bits per heavy atom. The van der Waals surface area contributed by atoms with Crippen LogP contribution in [0.3, 0.4) is 0 Å². The highest BCUT2D eigenvalue weighted by atomic mass is 32.1. The molecule has 1 N–H and O–H groups in total. The molecule has 2 aliphatic rings. The van der Waals surface area contributed by atoms with Gasteiger partial charge >= 0.3 is 0 Å². The monoisotopic (exact) mass is 362 g/mol. The van der Waals surface area contributed by atoms with E-state index < -0.39 is 11.5 Å². The fourth-order valence-electron chi connectivity index (χ4n) is 3.71. The van der Waals surface area contributed by atoms with Gasteiger partial charge in [0.15, 0.2) is 5.13 Å². The van der Waals surface area contributed by atoms with Gasteiger partial charge in [-0.3, -0.25) is 14.7 Å². The predicted octanol–water partition coefficient (Wildman–Crippen LogP) is 2.66. The third-order valence-corrected chi connectivity index (χ3v) is 5.74. The lowest BCUT2D eigenvalue weighted by Gasteiger charge is -2.23. The second-order valence-corrected chi connectivity index (χ2v) is 7.75. The molecule has 0 radical (unpaired) electrons. The van der Waals surface area contributed by atoms with E-state index in [0.717, 1.165) is 17.7 Å². The van der Waals surface area contributed by atoms with E-state index in [0.29, 0.717) is 29.7 Å². The zero-order valence-electron chi connectivity index (χ0n) is 14.1. The maximum atomic E-state index is 14.1. The first-order chi connectivity index (χ1) is 12.0. The van der Waals surface area contributed by atoms with Gasteiger partial charge in [0.25, 0.3) is 0 Å². The number of hydrogen-bond donors (Lipinski definition) is 1. The maximum Gasteiger partial charge on any atom is 0.230 e. The molecule has 25 heavy (non-hydrogen) atoms. The van der Waals surface area contributed by atoms with Gasteiger partial charge in [0, 0.05) is 37.8 Å². The summed E-state index contributed by atoms with van der Waals surface area (Å²) in [6.45, 7) is 5.19. The van der Waals surface area contributed by atoms with Gasteiger partial charge in [0.05, 0.1) is 17.2 Å². The van der Waals surface area contributed by atoms with E-state index >= 15 is 0 Å². The highest BCUT2D eigenvalue weighted by molar-refractivity contribution is 7.15. The summed E-state index contributed by atoms with van der Waals surface area (Å²) in [7, 11) is 0. The fraction of sp³-hybridized carbons (Fsp3) is 0.471. The summed E-state index contributed by atoms with van der Waals surface area (Å²) < 4.78 is 20.3. The first-order valence-corrected chi connectivity index (χ1v) is 9.04. The smallest absolute Gasteiger partial charge is 0.230 e. The molecule has 132 valence electrons. The van der Waals surface area contributed by atoms with Gasteiger partial charge in [0.1, 0.15) is 5.60 Å². The van der Waals surface area contributed by atoms with E-state index in [1.807, 2.05) is 12.1 Å². The summed E-state index contributed by atoms with van der Waals surface area (Å²) in [5, 5.41) is 2.84. The molecule has 2 aliphatic heterocycles. The molecule has 0 aliphatic carbocycles. The number of aromatic nitrogens is 2. The molecule has 2 atom stereocenters. The minimum Gasteiger partial charge on any atom is -0.363 e. The highest BCUT2D eigenvalue weighted by Crippen LogP contribution is 2.45. The molecule has 4 heterocycles. The quantitative estimate of drug-likeness (QED) is 0.909. The number of pyridine rings is 1. The SMILES string of the molecule is CC(=O)Nc1nc(F)c(CN2CC3(CC2C)OCc2cccnc23)s1. The summed E-state index contributed by atoms with van der Waals surface area (Å²) in [6, 6.07) is 4.21. The Kier molecular flexibility index (Phi) is 4.05. The fourth-order valence-corrected chi connectivity index (χ4v) is 4.63. The zero-order valence-corrected chi connectivity index (χ0v) is 14.9. The molecule has 0 bridgehead atoms. The molecule has 2 unspecified atom stereocenters. The predicted molar refractivity (Wildman–Crippen MR) is 91.6 cm³/mol. The number of anilines is 1. The summed E-state index contributed by atoms with van der Waals surface area (Å²) in [4.78, 5) is 22.2. The van der Waals surface area contributed by atoms with Crippen LogP contribution in [0.4, 0.5) is 9.52 Å². The molecular formula is C17H19FN4O2S. The van der Waals surface area contributed by atoms with Crippen molar-refractivity contribution in [2.24, 2.45) is 0 Å². The Morgan fingerprint density at radius 2 is 2.44 bits per heavy atom. The molecule has 1 saturated heterocycles. The molecule has 1 fully saturated rings. The standard InChI is InChI=1S/C17H19FN4O2S/c1-10-6-17(14-12(8-24-17)4-3-5-19-14)9-22(10)7-13-15(18)21-16(25-13)20-11(2)23/h3-5,10H,6-9H2,1-2H3,(H,20,21,23). The van der Waals surface area contributed by atoms with Crippen molar-refractivity contribution in [2.75, 3.05) is 11.9 Å². The number of likely N-dealkylation sites (tertiary alicyclic amines) is 1. The average molecular weight is 362 g/mol. The summed E-state index contributed by atoms with van der Waals surface area (Å²) >= 11 is 1.18. The molecule has 8 heteroatoms. The third-order valence-electron chi connectivity index (χ3n) is 4.81. The van der Waals surface area contributed by atoms with E-state index in [9.17, 15) is 9.18 Å². The van der Waals surface area contributed by atoms with Gasteiger partial charge in [0.2, 0.25) is 11.9 Å². The van der Waals surface area contributed by atoms with Crippen LogP contribution in [0.5, 0.6) is 0 Å². The van der Waals surface area contributed by atoms with Gasteiger partial charge in [-0.1, -0.05) is 17.4 Å². The average Bonchev–Trinajstić information content (AvgIpc) is 3.18. The van der Waals surface area contributed by atoms with Crippen LogP contribution in [-0.4, -0.2) is 33.4 Å². The number of thiazole rings is 1. The molecule has 0 saturated carbocycles. The number of ether oxygens (including phenoxy) is 1. The van der Waals surface area contributed by atoms with E-state index in [-0.39, 0.29) is 11.9 Å². The van der Waals surface area contributed by atoms with Crippen LogP contribution >= 0.6 is 11.3 Å². The minimum atomic E-state index is -0.521. The molecule has 1 amide bonds. The summed E-state index contributed by atoms with van der Waals surface area (Å²) in [5.41, 5.74) is 1.74. The lowest BCUT2D eigenvalue weighted by molar-refractivity contribution is -0.114. The number of amides is 1. The molecule has 6 nitrogen and oxygen atoms in total. The summed E-state index contributed by atoms with van der Waals surface area (Å²) in [6.07, 6.45) is 2.63. The number of halogens is 1. The Balaban J connectivity index is 1.54. The van der Waals surface area contributed by atoms with Crippen molar-refractivity contribution in [3.63, 3.8) is 0 Å². The second kappa shape index (κ2) is 6.12. The first kappa shape index (κ1) is 16.6. The van der Waals surface area contributed by atoms with Crippen LogP contribution in [0.15, 0.2) is 18.3 Å². The molecule has 1 spiro atoms. The number of hydrogen-bond acceptors (Lipinski definition) is 6. The number of rotatable bonds is 3. The Morgan fingerprint density at radius 1 is 1.60 bits per heavy atom. The molecule has 4 rings (SSSR count). The molecular weight excluding hydrogens is 343 g/mol. The van der Waals surface area contributed by atoms with E-state index in [2.05, 4.69) is 27.1 Å². The van der Waals surface area contributed by atoms with Gasteiger partial charge in [-0.05, 0) is 19.4 Å². The largest absolute Gasteiger partial charge is 0.363 e. The Labute approximate surface area is 149 Å². The number of carbonyl (C=O) groups is 1. The van der Waals surface area contributed by atoms with Crippen LogP contribution in [0.2, 0.25) is 0 Å². The minimum absolute atomic E-state index is 0.235. The van der Waals surface area contributed by atoms with Crippen molar-refractivity contribution in [1.82, 2.24) is 14.9 Å². The maximum absolute atomic E-state index is 14.1. The number of fused-ring (bicyclic) bond motifs is 2. The normalized spacial score (nSPS) is 25.5. The number of carbonyl (C=O) groups excluding carboxylic acids is 1. The Bertz CT molecular complexity index is 827. The Hall–Kier alpha value is -1.90. The van der Waals surface area contributed by atoms with E-state index in [1.165, 1.54) is 18.3 Å². The van der Waals surface area contributed by atoms with Gasteiger partial charge in [-0.2, -0.15) is 9.37 Å². The van der Waals surface area contributed by atoms with Gasteiger partial charge < -0.3 is 10.1 Å². The zero-order chi connectivity index (χ0) is 17.6. The molecule has 2 aromatic rings. The highest BCUT2D eigenvalue weighted by Gasteiger charge is 2.49. The van der Waals surface area contributed by atoms with Crippen molar-refractivity contribution < 1.29 is 13.9 Å². The van der Waals surface area contributed by atoms with Crippen molar-refractivity contribution >= 4 is 22.4 Å². The van der Waals surface area contributed by atoms with Crippen LogP contribution in [0, 0.1) is 5.95 Å². The van der Waals surface area contributed by atoms with Crippen LogP contribution < -0.4 is 5.32 Å². The lowest BCUT2D eigenvalue weighted by Crippen LogP contribution is -2.31. The van der Waals surface area contributed by atoms with Gasteiger partial charge in [-0.15, -0.1) is 0 Å². The first-order valence-electron chi connectivity index (χ1n) is 8.22. The molecule has 2 aromatic heterocycles. The van der Waals surface area contributed by atoms with Crippen LogP contribution in [0.1, 0.15) is 36.4 Å². The van der Waals surface area contributed by atoms with Crippen molar-refractivity contribution in [3.8, 4) is 0 Å². The third kappa shape index (κ3) is 2.94. The topological polar surface area (TPSA) is 67.4 Å². The van der Waals surface area contributed by atoms with Crippen LogP contribution in [0.25, 0.3) is 0 Å². The molecule has 0 aromatic carbocycles. The van der Waals surface area contributed by atoms with Gasteiger partial charge in [-0.25, -0.2) is 0 Å². The van der Waals surface area contributed by atoms with Crippen LogP contribution in [-0.2, 0) is 28.3 Å². The number of nitrogens with zero attached hydrogens (tertiary/aromatic N) is 3. The van der Waals surface area contributed by atoms with E-state index in [4.69, 9.17) is 4.74 Å². The van der Waals surface area contributed by atoms with E-state index in [1.54, 1.807) is 6.20 Å². The van der Waals surface area contributed by atoms with Crippen molar-refractivity contribution in [1.29, 1.82) is 0 Å². The lowest BCUT2D eigenvalue weighted by atomic mass is 9.95. The van der Waals surface area contributed by atoms with Crippen molar-refractivity contribution in [2.45, 2.75) is 45.1 Å². The number of nitrogens with one attached hydrogen (secondary N) is 1.